The first-order chi connectivity index (χ1) is 20.3. The standard InChI is InChI=1S/C34H22F8O/c1-18-27(35)12-24(13-28(18)36)22-7-3-20(4-8-22)11-21-5-9-23(10-6-21)25-14-31(39)33(32(40)15-25)34(41,42)43-26-16-29(37)19(2)30(38)17-26/h3-10,12-17H,11H2,1-2H3. The van der Waals surface area contributed by atoms with Crippen molar-refractivity contribution < 1.29 is 39.9 Å². The molecular weight excluding hydrogens is 576 g/mol. The molecule has 5 aromatic rings. The normalized spacial score (nSPS) is 11.6. The number of alkyl halides is 2. The van der Waals surface area contributed by atoms with E-state index in [-0.39, 0.29) is 11.1 Å². The summed E-state index contributed by atoms with van der Waals surface area (Å²) in [5.74, 6) is -7.72. The molecule has 0 heterocycles. The molecular formula is C34H22F8O. The largest absolute Gasteiger partial charge is 0.432 e. The number of halogens is 8. The Labute approximate surface area is 242 Å². The van der Waals surface area contributed by atoms with Crippen molar-refractivity contribution in [1.82, 2.24) is 0 Å². The minimum atomic E-state index is -4.57. The van der Waals surface area contributed by atoms with E-state index in [1.807, 2.05) is 12.1 Å². The summed E-state index contributed by atoms with van der Waals surface area (Å²) in [6.07, 6.45) is -4.09. The molecule has 5 aromatic carbocycles. The van der Waals surface area contributed by atoms with E-state index in [0.717, 1.165) is 30.2 Å². The molecule has 0 saturated carbocycles. The lowest BCUT2D eigenvalue weighted by Crippen LogP contribution is -2.25. The van der Waals surface area contributed by atoms with Crippen LogP contribution in [0.3, 0.4) is 0 Å². The summed E-state index contributed by atoms with van der Waals surface area (Å²) in [6.45, 7) is 2.45. The number of ether oxygens (including phenoxy) is 1. The van der Waals surface area contributed by atoms with Crippen LogP contribution in [0.15, 0.2) is 84.9 Å². The van der Waals surface area contributed by atoms with Gasteiger partial charge in [0.25, 0.3) is 0 Å². The van der Waals surface area contributed by atoms with Gasteiger partial charge in [0.1, 0.15) is 46.2 Å². The van der Waals surface area contributed by atoms with Crippen LogP contribution in [-0.4, -0.2) is 0 Å². The van der Waals surface area contributed by atoms with Crippen molar-refractivity contribution in [2.24, 2.45) is 0 Å². The molecule has 0 unspecified atom stereocenters. The zero-order valence-corrected chi connectivity index (χ0v) is 22.7. The van der Waals surface area contributed by atoms with Gasteiger partial charge in [-0.1, -0.05) is 48.5 Å². The van der Waals surface area contributed by atoms with Gasteiger partial charge in [-0.05, 0) is 77.9 Å². The fourth-order valence-corrected chi connectivity index (χ4v) is 4.58. The average Bonchev–Trinajstić information content (AvgIpc) is 2.94. The van der Waals surface area contributed by atoms with Crippen LogP contribution in [0, 0.1) is 48.8 Å². The first-order valence-corrected chi connectivity index (χ1v) is 13.0. The molecule has 0 aromatic heterocycles. The second-order valence-electron chi connectivity index (χ2n) is 10.1. The van der Waals surface area contributed by atoms with Crippen molar-refractivity contribution in [2.75, 3.05) is 0 Å². The maximum Gasteiger partial charge on any atom is 0.432 e. The molecule has 0 aliphatic rings. The Morgan fingerprint density at radius 1 is 0.488 bits per heavy atom. The van der Waals surface area contributed by atoms with Crippen molar-refractivity contribution in [3.05, 3.63) is 148 Å². The van der Waals surface area contributed by atoms with Crippen LogP contribution in [0.2, 0.25) is 0 Å². The Balaban J connectivity index is 1.32. The Morgan fingerprint density at radius 3 is 1.23 bits per heavy atom. The molecule has 0 radical (unpaired) electrons. The van der Waals surface area contributed by atoms with Gasteiger partial charge in [-0.2, -0.15) is 8.78 Å². The highest BCUT2D eigenvalue weighted by Crippen LogP contribution is 2.38. The van der Waals surface area contributed by atoms with Crippen molar-refractivity contribution in [3.8, 4) is 28.0 Å². The van der Waals surface area contributed by atoms with E-state index in [4.69, 9.17) is 0 Å². The van der Waals surface area contributed by atoms with Crippen molar-refractivity contribution >= 4 is 0 Å². The molecule has 1 nitrogen and oxygen atoms in total. The van der Waals surface area contributed by atoms with E-state index in [1.165, 1.54) is 19.1 Å². The highest BCUT2D eigenvalue weighted by Gasteiger charge is 2.41. The predicted molar refractivity (Wildman–Crippen MR) is 147 cm³/mol. The van der Waals surface area contributed by atoms with E-state index < -0.39 is 57.9 Å². The third kappa shape index (κ3) is 6.26. The summed E-state index contributed by atoms with van der Waals surface area (Å²) in [6, 6.07) is 18.6. The molecule has 0 bridgehead atoms. The highest BCUT2D eigenvalue weighted by molar-refractivity contribution is 5.66. The van der Waals surface area contributed by atoms with Gasteiger partial charge in [0.2, 0.25) is 0 Å². The first kappa shape index (κ1) is 29.8. The third-order valence-electron chi connectivity index (χ3n) is 7.10. The van der Waals surface area contributed by atoms with Crippen LogP contribution < -0.4 is 4.74 Å². The van der Waals surface area contributed by atoms with E-state index in [1.54, 1.807) is 36.4 Å². The molecule has 220 valence electrons. The van der Waals surface area contributed by atoms with Crippen LogP contribution in [0.1, 0.15) is 27.8 Å². The summed E-state index contributed by atoms with van der Waals surface area (Å²) in [5.41, 5.74) is 0.924. The van der Waals surface area contributed by atoms with Crippen molar-refractivity contribution in [3.63, 3.8) is 0 Å². The predicted octanol–water partition coefficient (Wildman–Crippen LogP) is 10.2. The lowest BCUT2D eigenvalue weighted by molar-refractivity contribution is -0.189. The molecule has 0 amide bonds. The maximum absolute atomic E-state index is 14.8. The van der Waals surface area contributed by atoms with Crippen molar-refractivity contribution in [2.45, 2.75) is 26.4 Å². The molecule has 0 fully saturated rings. The topological polar surface area (TPSA) is 9.23 Å². The zero-order chi connectivity index (χ0) is 31.1. The maximum atomic E-state index is 14.8. The molecule has 0 aliphatic heterocycles. The first-order valence-electron chi connectivity index (χ1n) is 13.0. The highest BCUT2D eigenvalue weighted by atomic mass is 19.3. The number of rotatable bonds is 7. The minimum absolute atomic E-state index is 0.0181. The second-order valence-corrected chi connectivity index (χ2v) is 10.1. The summed E-state index contributed by atoms with van der Waals surface area (Å²) in [4.78, 5) is 0. The molecule has 0 aliphatic carbocycles. The molecule has 5 rings (SSSR count). The van der Waals surface area contributed by atoms with Crippen LogP contribution in [0.4, 0.5) is 35.1 Å². The Bertz CT molecular complexity index is 1740. The third-order valence-corrected chi connectivity index (χ3v) is 7.10. The summed E-state index contributed by atoms with van der Waals surface area (Å²) >= 11 is 0. The van der Waals surface area contributed by atoms with Gasteiger partial charge in [0.15, 0.2) is 0 Å². The zero-order valence-electron chi connectivity index (χ0n) is 22.7. The summed E-state index contributed by atoms with van der Waals surface area (Å²) in [7, 11) is 0. The molecule has 9 heteroatoms. The van der Waals surface area contributed by atoms with Gasteiger partial charge < -0.3 is 4.74 Å². The smallest absolute Gasteiger partial charge is 0.429 e. The van der Waals surface area contributed by atoms with Gasteiger partial charge >= 0.3 is 6.11 Å². The summed E-state index contributed by atoms with van der Waals surface area (Å²) < 4.78 is 119. The fourth-order valence-electron chi connectivity index (χ4n) is 4.58. The van der Waals surface area contributed by atoms with Crippen molar-refractivity contribution in [1.29, 1.82) is 0 Å². The van der Waals surface area contributed by atoms with Gasteiger partial charge in [-0.15, -0.1) is 0 Å². The lowest BCUT2D eigenvalue weighted by atomic mass is 9.97. The summed E-state index contributed by atoms with van der Waals surface area (Å²) in [5, 5.41) is 0. The fraction of sp³-hybridized carbons (Fsp3) is 0.118. The Morgan fingerprint density at radius 2 is 0.837 bits per heavy atom. The number of hydrogen-bond acceptors (Lipinski definition) is 1. The van der Waals surface area contributed by atoms with Gasteiger partial charge in [0, 0.05) is 23.3 Å². The molecule has 0 saturated heterocycles. The van der Waals surface area contributed by atoms with E-state index in [2.05, 4.69) is 4.74 Å². The monoisotopic (exact) mass is 598 g/mol. The average molecular weight is 599 g/mol. The quantitative estimate of drug-likeness (QED) is 0.170. The molecule has 0 spiro atoms. The number of hydrogen-bond donors (Lipinski definition) is 0. The Hall–Kier alpha value is -4.66. The minimum Gasteiger partial charge on any atom is -0.429 e. The molecule has 0 atom stereocenters. The van der Waals surface area contributed by atoms with Crippen LogP contribution in [0.25, 0.3) is 22.3 Å². The van der Waals surface area contributed by atoms with Crippen LogP contribution >= 0.6 is 0 Å². The number of benzene rings is 5. The SMILES string of the molecule is Cc1c(F)cc(OC(F)(F)c2c(F)cc(-c3ccc(Cc4ccc(-c5cc(F)c(C)c(F)c5)cc4)cc3)cc2F)cc1F. The van der Waals surface area contributed by atoms with E-state index in [0.29, 0.717) is 35.2 Å². The lowest BCUT2D eigenvalue weighted by Gasteiger charge is -2.20. The van der Waals surface area contributed by atoms with Gasteiger partial charge in [-0.25, -0.2) is 26.3 Å². The van der Waals surface area contributed by atoms with Crippen LogP contribution in [0.5, 0.6) is 5.75 Å². The van der Waals surface area contributed by atoms with Gasteiger partial charge in [-0.3, -0.25) is 0 Å². The molecule has 43 heavy (non-hydrogen) atoms. The second kappa shape index (κ2) is 11.6. The van der Waals surface area contributed by atoms with Crippen LogP contribution in [-0.2, 0) is 12.5 Å². The van der Waals surface area contributed by atoms with Gasteiger partial charge in [0.05, 0.1) is 0 Å². The van der Waals surface area contributed by atoms with E-state index >= 15 is 0 Å². The van der Waals surface area contributed by atoms with E-state index in [9.17, 15) is 35.1 Å². The Kier molecular flexibility index (Phi) is 8.01. The molecule has 0 N–H and O–H groups in total.